The van der Waals surface area contributed by atoms with E-state index in [9.17, 15) is 0 Å². The van der Waals surface area contributed by atoms with Crippen LogP contribution in [-0.4, -0.2) is 26.8 Å². The number of nitrogens with zero attached hydrogens (tertiary/aromatic N) is 4. The van der Waals surface area contributed by atoms with Crippen LogP contribution in [0.3, 0.4) is 0 Å². The van der Waals surface area contributed by atoms with E-state index in [1.165, 1.54) is 12.8 Å². The maximum atomic E-state index is 5.83. The second-order valence-corrected chi connectivity index (χ2v) is 5.87. The van der Waals surface area contributed by atoms with E-state index in [1.807, 2.05) is 16.8 Å². The minimum atomic E-state index is 0.0566. The number of hydrogen-bond donors (Lipinski definition) is 1. The van der Waals surface area contributed by atoms with E-state index in [1.54, 1.807) is 18.0 Å². The lowest BCUT2D eigenvalue weighted by Crippen LogP contribution is -2.12. The molecule has 0 aliphatic heterocycles. The van der Waals surface area contributed by atoms with Gasteiger partial charge in [0.05, 0.1) is 17.6 Å². The zero-order valence-electron chi connectivity index (χ0n) is 10.6. The van der Waals surface area contributed by atoms with Gasteiger partial charge < -0.3 is 10.2 Å². The lowest BCUT2D eigenvalue weighted by atomic mass is 10.3. The van der Waals surface area contributed by atoms with Gasteiger partial charge in [-0.1, -0.05) is 24.6 Å². The minimum absolute atomic E-state index is 0.0566. The van der Waals surface area contributed by atoms with Crippen LogP contribution in [0.4, 0.5) is 0 Å². The smallest absolute Gasteiger partial charge is 0.210 e. The van der Waals surface area contributed by atoms with Crippen molar-refractivity contribution in [2.75, 3.05) is 6.54 Å². The fourth-order valence-corrected chi connectivity index (χ4v) is 3.44. The molecule has 1 saturated carbocycles. The minimum Gasteiger partial charge on any atom is -0.468 e. The van der Waals surface area contributed by atoms with Crippen molar-refractivity contribution < 1.29 is 4.42 Å². The van der Waals surface area contributed by atoms with Gasteiger partial charge in [-0.3, -0.25) is 0 Å². The molecular weight excluding hydrogens is 262 g/mol. The second kappa shape index (κ2) is 5.75. The number of rotatable bonds is 5. The van der Waals surface area contributed by atoms with Gasteiger partial charge in [-0.25, -0.2) is 4.68 Å². The molecule has 0 radical (unpaired) electrons. The molecule has 1 atom stereocenters. The van der Waals surface area contributed by atoms with Crippen LogP contribution in [0.15, 0.2) is 28.0 Å². The summed E-state index contributed by atoms with van der Waals surface area (Å²) >= 11 is 1.57. The van der Waals surface area contributed by atoms with Crippen molar-refractivity contribution >= 4 is 11.8 Å². The Balaban J connectivity index is 1.77. The predicted octanol–water partition coefficient (Wildman–Crippen LogP) is 2.17. The molecule has 0 amide bonds. The summed E-state index contributed by atoms with van der Waals surface area (Å²) in [4.78, 5) is 0. The van der Waals surface area contributed by atoms with Crippen molar-refractivity contribution in [2.45, 2.75) is 42.1 Å². The third kappa shape index (κ3) is 2.66. The van der Waals surface area contributed by atoms with Gasteiger partial charge >= 0.3 is 0 Å². The summed E-state index contributed by atoms with van der Waals surface area (Å²) in [6.45, 7) is 0.496. The Bertz CT molecular complexity index is 506. The fourth-order valence-electron chi connectivity index (χ4n) is 2.47. The van der Waals surface area contributed by atoms with Gasteiger partial charge in [0.2, 0.25) is 5.16 Å². The summed E-state index contributed by atoms with van der Waals surface area (Å²) in [5.41, 5.74) is 5.83. The highest BCUT2D eigenvalue weighted by Gasteiger charge is 2.24. The van der Waals surface area contributed by atoms with Crippen molar-refractivity contribution in [3.05, 3.63) is 24.2 Å². The Kier molecular flexibility index (Phi) is 3.84. The number of nitrogens with two attached hydrogens (primary N) is 1. The van der Waals surface area contributed by atoms with Crippen LogP contribution in [0, 0.1) is 0 Å². The SMILES string of the molecule is NCC(Sc1nnnn1C1CCCC1)c1ccco1. The number of thioether (sulfide) groups is 1. The molecule has 2 aromatic rings. The highest BCUT2D eigenvalue weighted by Crippen LogP contribution is 2.37. The van der Waals surface area contributed by atoms with Crippen molar-refractivity contribution in [1.29, 1.82) is 0 Å². The molecule has 0 spiro atoms. The summed E-state index contributed by atoms with van der Waals surface area (Å²) in [6.07, 6.45) is 6.50. The zero-order chi connectivity index (χ0) is 13.1. The molecule has 1 aliphatic rings. The van der Waals surface area contributed by atoms with Crippen LogP contribution in [0.1, 0.15) is 42.7 Å². The van der Waals surface area contributed by atoms with E-state index in [0.29, 0.717) is 12.6 Å². The van der Waals surface area contributed by atoms with E-state index in [0.717, 1.165) is 23.8 Å². The molecule has 6 nitrogen and oxygen atoms in total. The highest BCUT2D eigenvalue weighted by molar-refractivity contribution is 7.99. The summed E-state index contributed by atoms with van der Waals surface area (Å²) in [5.74, 6) is 0.869. The van der Waals surface area contributed by atoms with Crippen molar-refractivity contribution in [3.63, 3.8) is 0 Å². The largest absolute Gasteiger partial charge is 0.468 e. The molecule has 2 aromatic heterocycles. The monoisotopic (exact) mass is 279 g/mol. The molecule has 7 heteroatoms. The standard InChI is InChI=1S/C12H17N5OS/c13-8-11(10-6-3-7-18-10)19-12-14-15-16-17(12)9-4-1-2-5-9/h3,6-7,9,11H,1-2,4-5,8,13H2. The predicted molar refractivity (Wildman–Crippen MR) is 71.7 cm³/mol. The second-order valence-electron chi connectivity index (χ2n) is 4.70. The van der Waals surface area contributed by atoms with E-state index >= 15 is 0 Å². The molecule has 0 bridgehead atoms. The molecule has 1 fully saturated rings. The Morgan fingerprint density at radius 3 is 3.00 bits per heavy atom. The van der Waals surface area contributed by atoms with Gasteiger partial charge in [-0.2, -0.15) is 0 Å². The van der Waals surface area contributed by atoms with Gasteiger partial charge in [0.1, 0.15) is 5.76 Å². The number of aromatic nitrogens is 4. The van der Waals surface area contributed by atoms with Crippen molar-refractivity contribution in [3.8, 4) is 0 Å². The molecular formula is C12H17N5OS. The average Bonchev–Trinajstić information content (AvgIpc) is 3.15. The van der Waals surface area contributed by atoms with Crippen LogP contribution < -0.4 is 5.73 Å². The maximum Gasteiger partial charge on any atom is 0.210 e. The topological polar surface area (TPSA) is 82.8 Å². The Hall–Kier alpha value is -1.34. The first kappa shape index (κ1) is 12.7. The van der Waals surface area contributed by atoms with E-state index in [4.69, 9.17) is 10.2 Å². The highest BCUT2D eigenvalue weighted by atomic mass is 32.2. The van der Waals surface area contributed by atoms with Crippen LogP contribution in [-0.2, 0) is 0 Å². The number of furan rings is 1. The molecule has 3 rings (SSSR count). The van der Waals surface area contributed by atoms with Gasteiger partial charge in [0.15, 0.2) is 0 Å². The fraction of sp³-hybridized carbons (Fsp3) is 0.583. The molecule has 1 unspecified atom stereocenters. The zero-order valence-corrected chi connectivity index (χ0v) is 11.4. The molecule has 0 aromatic carbocycles. The molecule has 2 N–H and O–H groups in total. The van der Waals surface area contributed by atoms with Crippen LogP contribution >= 0.6 is 11.8 Å². The van der Waals surface area contributed by atoms with E-state index in [-0.39, 0.29) is 5.25 Å². The first-order valence-electron chi connectivity index (χ1n) is 6.56. The third-order valence-electron chi connectivity index (χ3n) is 3.46. The van der Waals surface area contributed by atoms with Crippen LogP contribution in [0.2, 0.25) is 0 Å². The van der Waals surface area contributed by atoms with Crippen LogP contribution in [0.5, 0.6) is 0 Å². The average molecular weight is 279 g/mol. The summed E-state index contributed by atoms with van der Waals surface area (Å²) in [7, 11) is 0. The van der Waals surface area contributed by atoms with Gasteiger partial charge in [0.25, 0.3) is 0 Å². The maximum absolute atomic E-state index is 5.83. The molecule has 2 heterocycles. The first-order valence-corrected chi connectivity index (χ1v) is 7.44. The lowest BCUT2D eigenvalue weighted by Gasteiger charge is -2.14. The molecule has 0 saturated heterocycles. The summed E-state index contributed by atoms with van der Waals surface area (Å²) in [6, 6.07) is 4.25. The van der Waals surface area contributed by atoms with Gasteiger partial charge in [-0.05, 0) is 35.4 Å². The molecule has 19 heavy (non-hydrogen) atoms. The van der Waals surface area contributed by atoms with Crippen LogP contribution in [0.25, 0.3) is 0 Å². The first-order chi connectivity index (χ1) is 9.38. The number of hydrogen-bond acceptors (Lipinski definition) is 6. The quantitative estimate of drug-likeness (QED) is 0.845. The normalized spacial score (nSPS) is 17.9. The van der Waals surface area contributed by atoms with Gasteiger partial charge in [0, 0.05) is 6.54 Å². The Morgan fingerprint density at radius 2 is 2.32 bits per heavy atom. The molecule has 1 aliphatic carbocycles. The van der Waals surface area contributed by atoms with Crippen molar-refractivity contribution in [2.24, 2.45) is 5.73 Å². The Morgan fingerprint density at radius 1 is 1.47 bits per heavy atom. The van der Waals surface area contributed by atoms with E-state index in [2.05, 4.69) is 15.5 Å². The van der Waals surface area contributed by atoms with Gasteiger partial charge in [-0.15, -0.1) is 5.10 Å². The summed E-state index contributed by atoms with van der Waals surface area (Å²) < 4.78 is 7.37. The van der Waals surface area contributed by atoms with Crippen molar-refractivity contribution in [1.82, 2.24) is 20.2 Å². The van der Waals surface area contributed by atoms with E-state index < -0.39 is 0 Å². The number of tetrazole rings is 1. The Labute approximate surface area is 115 Å². The lowest BCUT2D eigenvalue weighted by molar-refractivity contribution is 0.422. The molecule has 102 valence electrons. The third-order valence-corrected chi connectivity index (χ3v) is 4.64. The summed E-state index contributed by atoms with van der Waals surface area (Å²) in [5, 5.41) is 13.0.